The number of hydrogen-bond donors (Lipinski definition) is 1. The topological polar surface area (TPSA) is 30.9 Å². The lowest BCUT2D eigenvalue weighted by Crippen LogP contribution is -2.56. The lowest BCUT2D eigenvalue weighted by Gasteiger charge is -2.39. The van der Waals surface area contributed by atoms with Crippen molar-refractivity contribution in [3.8, 4) is 0 Å². The van der Waals surface area contributed by atoms with Crippen LogP contribution >= 0.6 is 11.3 Å². The van der Waals surface area contributed by atoms with Crippen LogP contribution < -0.4 is 5.32 Å². The van der Waals surface area contributed by atoms with Gasteiger partial charge in [-0.25, -0.2) is 0 Å². The van der Waals surface area contributed by atoms with Crippen LogP contribution in [0.2, 0.25) is 0 Å². The molecule has 0 amide bonds. The Morgan fingerprint density at radius 3 is 2.48 bits per heavy atom. The predicted octanol–water partition coefficient (Wildman–Crippen LogP) is 3.39. The fourth-order valence-corrected chi connectivity index (χ4v) is 3.62. The van der Waals surface area contributed by atoms with Crippen LogP contribution in [0.4, 0.5) is 13.2 Å². The standard InChI is InChI=1S/C17H27F3N4S/c1-4-21-16(22-11-13(2)15-5-10-25-12-15)24-8-6-23(7-9-24)14(3)17(18,19)20/h5,10,12-14H,4,6-9,11H2,1-3H3,(H,21,22). The summed E-state index contributed by atoms with van der Waals surface area (Å²) in [5.74, 6) is 1.12. The monoisotopic (exact) mass is 376 g/mol. The molecule has 2 heterocycles. The van der Waals surface area contributed by atoms with Gasteiger partial charge in [0.15, 0.2) is 5.96 Å². The van der Waals surface area contributed by atoms with Crippen LogP contribution in [0, 0.1) is 0 Å². The number of halogens is 3. The molecule has 2 rings (SSSR count). The Labute approximate surface area is 151 Å². The quantitative estimate of drug-likeness (QED) is 0.631. The maximum Gasteiger partial charge on any atom is 0.403 e. The van der Waals surface area contributed by atoms with Gasteiger partial charge in [0.05, 0.1) is 0 Å². The Morgan fingerprint density at radius 1 is 1.28 bits per heavy atom. The van der Waals surface area contributed by atoms with Crippen molar-refractivity contribution in [3.63, 3.8) is 0 Å². The van der Waals surface area contributed by atoms with Gasteiger partial charge < -0.3 is 10.2 Å². The van der Waals surface area contributed by atoms with Gasteiger partial charge in [0.2, 0.25) is 0 Å². The Hall–Kier alpha value is -1.28. The van der Waals surface area contributed by atoms with Gasteiger partial charge >= 0.3 is 6.18 Å². The van der Waals surface area contributed by atoms with Gasteiger partial charge in [-0.3, -0.25) is 9.89 Å². The zero-order chi connectivity index (χ0) is 18.4. The third kappa shape index (κ3) is 5.60. The summed E-state index contributed by atoms with van der Waals surface area (Å²) in [6, 6.07) is 0.711. The molecule has 4 nitrogen and oxygen atoms in total. The molecular formula is C17H27F3N4S. The zero-order valence-electron chi connectivity index (χ0n) is 15.0. The molecule has 0 aromatic carbocycles. The van der Waals surface area contributed by atoms with Gasteiger partial charge in [0, 0.05) is 45.2 Å². The zero-order valence-corrected chi connectivity index (χ0v) is 15.8. The van der Waals surface area contributed by atoms with Crippen molar-refractivity contribution in [1.82, 2.24) is 15.1 Å². The minimum atomic E-state index is -4.17. The van der Waals surface area contributed by atoms with Gasteiger partial charge in [-0.1, -0.05) is 6.92 Å². The number of nitrogens with one attached hydrogen (secondary N) is 1. The van der Waals surface area contributed by atoms with Gasteiger partial charge in [-0.15, -0.1) is 0 Å². The molecule has 1 aromatic heterocycles. The molecule has 0 radical (unpaired) electrons. The average Bonchev–Trinajstić information content (AvgIpc) is 3.11. The lowest BCUT2D eigenvalue weighted by atomic mass is 10.1. The van der Waals surface area contributed by atoms with Gasteiger partial charge in [0.1, 0.15) is 6.04 Å². The summed E-state index contributed by atoms with van der Waals surface area (Å²) < 4.78 is 38.6. The fraction of sp³-hybridized carbons (Fsp3) is 0.706. The number of thiophene rings is 1. The minimum Gasteiger partial charge on any atom is -0.357 e. The number of alkyl halides is 3. The molecule has 1 aliphatic rings. The second-order valence-corrected chi connectivity index (χ2v) is 7.17. The molecule has 2 atom stereocenters. The SMILES string of the molecule is CCNC(=NCC(C)c1ccsc1)N1CCN(C(C)C(F)(F)F)CC1. The first kappa shape index (κ1) is 20.0. The van der Waals surface area contributed by atoms with Crippen molar-refractivity contribution >= 4 is 17.3 Å². The molecule has 142 valence electrons. The van der Waals surface area contributed by atoms with Crippen LogP contribution in [0.3, 0.4) is 0 Å². The number of nitrogens with zero attached hydrogens (tertiary/aromatic N) is 3. The second kappa shape index (κ2) is 8.89. The highest BCUT2D eigenvalue weighted by Crippen LogP contribution is 2.25. The van der Waals surface area contributed by atoms with Crippen molar-refractivity contribution in [2.45, 2.75) is 38.9 Å². The van der Waals surface area contributed by atoms with Gasteiger partial charge in [-0.05, 0) is 36.2 Å². The van der Waals surface area contributed by atoms with Crippen LogP contribution in [0.5, 0.6) is 0 Å². The van der Waals surface area contributed by atoms with Gasteiger partial charge in [-0.2, -0.15) is 24.5 Å². The van der Waals surface area contributed by atoms with Crippen molar-refractivity contribution < 1.29 is 13.2 Å². The van der Waals surface area contributed by atoms with E-state index in [0.717, 1.165) is 12.5 Å². The van der Waals surface area contributed by atoms with Crippen molar-refractivity contribution in [2.75, 3.05) is 39.3 Å². The smallest absolute Gasteiger partial charge is 0.357 e. The van der Waals surface area contributed by atoms with Crippen LogP contribution in [-0.4, -0.2) is 67.2 Å². The Kier molecular flexibility index (Phi) is 7.13. The number of rotatable bonds is 5. The average molecular weight is 376 g/mol. The van der Waals surface area contributed by atoms with E-state index in [-0.39, 0.29) is 0 Å². The van der Waals surface area contributed by atoms with Crippen LogP contribution in [0.25, 0.3) is 0 Å². The summed E-state index contributed by atoms with van der Waals surface area (Å²) in [6.07, 6.45) is -4.17. The molecule has 1 saturated heterocycles. The molecule has 0 aliphatic carbocycles. The predicted molar refractivity (Wildman–Crippen MR) is 97.4 cm³/mol. The fourth-order valence-electron chi connectivity index (χ4n) is 2.84. The van der Waals surface area contributed by atoms with E-state index in [0.29, 0.717) is 38.6 Å². The molecule has 0 spiro atoms. The van der Waals surface area contributed by atoms with Crippen molar-refractivity contribution in [3.05, 3.63) is 22.4 Å². The molecule has 0 saturated carbocycles. The summed E-state index contributed by atoms with van der Waals surface area (Å²) in [6.45, 7) is 8.67. The molecule has 1 aliphatic heterocycles. The van der Waals surface area contributed by atoms with Gasteiger partial charge in [0.25, 0.3) is 0 Å². The number of aliphatic imine (C=N–C) groups is 1. The van der Waals surface area contributed by atoms with E-state index in [1.807, 2.05) is 6.92 Å². The maximum atomic E-state index is 12.9. The highest BCUT2D eigenvalue weighted by molar-refractivity contribution is 7.07. The summed E-state index contributed by atoms with van der Waals surface area (Å²) in [7, 11) is 0. The highest BCUT2D eigenvalue weighted by atomic mass is 32.1. The molecule has 1 fully saturated rings. The Balaban J connectivity index is 1.93. The van der Waals surface area contributed by atoms with E-state index in [9.17, 15) is 13.2 Å². The summed E-state index contributed by atoms with van der Waals surface area (Å²) in [5.41, 5.74) is 1.27. The molecule has 1 aromatic rings. The number of piperazine rings is 1. The molecule has 25 heavy (non-hydrogen) atoms. The lowest BCUT2D eigenvalue weighted by molar-refractivity contribution is -0.181. The van der Waals surface area contributed by atoms with E-state index in [1.54, 1.807) is 11.3 Å². The third-order valence-electron chi connectivity index (χ3n) is 4.60. The molecule has 1 N–H and O–H groups in total. The number of hydrogen-bond acceptors (Lipinski definition) is 3. The van der Waals surface area contributed by atoms with E-state index < -0.39 is 12.2 Å². The van der Waals surface area contributed by atoms with E-state index in [1.165, 1.54) is 17.4 Å². The first-order valence-corrected chi connectivity index (χ1v) is 9.63. The van der Waals surface area contributed by atoms with Crippen molar-refractivity contribution in [2.24, 2.45) is 4.99 Å². The summed E-state index contributed by atoms with van der Waals surface area (Å²) >= 11 is 1.67. The summed E-state index contributed by atoms with van der Waals surface area (Å²) in [5, 5.41) is 7.45. The molecule has 8 heteroatoms. The molecule has 2 unspecified atom stereocenters. The maximum absolute atomic E-state index is 12.9. The number of guanidine groups is 1. The molecular weight excluding hydrogens is 349 g/mol. The van der Waals surface area contributed by atoms with Crippen molar-refractivity contribution in [1.29, 1.82) is 0 Å². The van der Waals surface area contributed by atoms with E-state index >= 15 is 0 Å². The largest absolute Gasteiger partial charge is 0.403 e. The summed E-state index contributed by atoms with van der Waals surface area (Å²) in [4.78, 5) is 8.26. The Morgan fingerprint density at radius 2 is 1.96 bits per heavy atom. The van der Waals surface area contributed by atoms with Crippen LogP contribution in [0.1, 0.15) is 32.3 Å². The third-order valence-corrected chi connectivity index (χ3v) is 5.30. The molecule has 0 bridgehead atoms. The first-order valence-electron chi connectivity index (χ1n) is 8.69. The first-order chi connectivity index (χ1) is 11.8. The van der Waals surface area contributed by atoms with E-state index in [4.69, 9.17) is 4.99 Å². The second-order valence-electron chi connectivity index (χ2n) is 6.39. The normalized spacial score (nSPS) is 19.8. The van der Waals surface area contributed by atoms with E-state index in [2.05, 4.69) is 34.0 Å². The van der Waals surface area contributed by atoms with Crippen LogP contribution in [-0.2, 0) is 0 Å². The highest BCUT2D eigenvalue weighted by Gasteiger charge is 2.41. The minimum absolute atomic E-state index is 0.325. The van der Waals surface area contributed by atoms with Crippen LogP contribution in [0.15, 0.2) is 21.8 Å². The Bertz CT molecular complexity index is 537.